The summed E-state index contributed by atoms with van der Waals surface area (Å²) >= 11 is 5.81. The SMILES string of the molecule is Nc1cc(Cl)ccc1C(=O)NCC1(O)CCCCCC1. The Hall–Kier alpha value is -1.26. The van der Waals surface area contributed by atoms with Crippen LogP contribution in [0.3, 0.4) is 0 Å². The van der Waals surface area contributed by atoms with Crippen LogP contribution >= 0.6 is 11.6 Å². The maximum absolute atomic E-state index is 12.1. The van der Waals surface area contributed by atoms with Crippen LogP contribution in [0.5, 0.6) is 0 Å². The second kappa shape index (κ2) is 6.46. The Kier molecular flexibility index (Phi) is 4.89. The highest BCUT2D eigenvalue weighted by Gasteiger charge is 2.28. The average Bonchev–Trinajstić information content (AvgIpc) is 2.61. The predicted octanol–water partition coefficient (Wildman–Crippen LogP) is 2.74. The summed E-state index contributed by atoms with van der Waals surface area (Å²) in [7, 11) is 0. The van der Waals surface area contributed by atoms with E-state index in [0.29, 0.717) is 16.3 Å². The van der Waals surface area contributed by atoms with Crippen molar-refractivity contribution in [1.29, 1.82) is 0 Å². The number of aliphatic hydroxyl groups is 1. The van der Waals surface area contributed by atoms with Crippen molar-refractivity contribution in [2.24, 2.45) is 0 Å². The van der Waals surface area contributed by atoms with Gasteiger partial charge in [0, 0.05) is 17.3 Å². The highest BCUT2D eigenvalue weighted by molar-refractivity contribution is 6.31. The Morgan fingerprint density at radius 1 is 1.30 bits per heavy atom. The number of nitrogens with one attached hydrogen (secondary N) is 1. The molecule has 0 atom stereocenters. The highest BCUT2D eigenvalue weighted by Crippen LogP contribution is 2.26. The van der Waals surface area contributed by atoms with E-state index < -0.39 is 5.60 Å². The summed E-state index contributed by atoms with van der Waals surface area (Å²) in [5.41, 5.74) is 5.74. The lowest BCUT2D eigenvalue weighted by atomic mass is 9.94. The zero-order valence-corrected chi connectivity index (χ0v) is 12.2. The van der Waals surface area contributed by atoms with Crippen LogP contribution in [-0.2, 0) is 0 Å². The molecule has 0 unspecified atom stereocenters. The van der Waals surface area contributed by atoms with Gasteiger partial charge in [0.2, 0.25) is 0 Å². The number of anilines is 1. The first-order valence-corrected chi connectivity index (χ1v) is 7.44. The van der Waals surface area contributed by atoms with E-state index in [2.05, 4.69) is 5.32 Å². The van der Waals surface area contributed by atoms with Gasteiger partial charge in [0.25, 0.3) is 5.91 Å². The molecule has 4 nitrogen and oxygen atoms in total. The van der Waals surface area contributed by atoms with Crippen molar-refractivity contribution in [3.05, 3.63) is 28.8 Å². The van der Waals surface area contributed by atoms with Gasteiger partial charge in [-0.1, -0.05) is 37.3 Å². The maximum Gasteiger partial charge on any atom is 0.253 e. The molecule has 4 N–H and O–H groups in total. The largest absolute Gasteiger partial charge is 0.398 e. The monoisotopic (exact) mass is 296 g/mol. The molecule has 1 aromatic carbocycles. The number of halogens is 1. The van der Waals surface area contributed by atoms with E-state index in [1.165, 1.54) is 0 Å². The molecule has 1 aliphatic carbocycles. The first-order chi connectivity index (χ1) is 9.50. The van der Waals surface area contributed by atoms with Crippen molar-refractivity contribution < 1.29 is 9.90 Å². The summed E-state index contributed by atoms with van der Waals surface area (Å²) in [4.78, 5) is 12.1. The van der Waals surface area contributed by atoms with Crippen LogP contribution in [0, 0.1) is 0 Å². The normalized spacial score (nSPS) is 18.3. The van der Waals surface area contributed by atoms with Crippen molar-refractivity contribution >= 4 is 23.2 Å². The molecule has 1 fully saturated rings. The summed E-state index contributed by atoms with van der Waals surface area (Å²) in [5.74, 6) is -0.267. The van der Waals surface area contributed by atoms with Crippen LogP contribution in [0.25, 0.3) is 0 Å². The minimum absolute atomic E-state index is 0.267. The lowest BCUT2D eigenvalue weighted by Gasteiger charge is -2.26. The summed E-state index contributed by atoms with van der Waals surface area (Å²) in [6.07, 6.45) is 5.80. The summed E-state index contributed by atoms with van der Waals surface area (Å²) in [6.45, 7) is 0.272. The molecule has 0 aliphatic heterocycles. The van der Waals surface area contributed by atoms with E-state index in [-0.39, 0.29) is 12.5 Å². The fourth-order valence-electron chi connectivity index (χ4n) is 2.64. The Morgan fingerprint density at radius 2 is 1.95 bits per heavy atom. The Balaban J connectivity index is 1.97. The smallest absolute Gasteiger partial charge is 0.253 e. The number of rotatable bonds is 3. The third-order valence-electron chi connectivity index (χ3n) is 3.87. The number of nitrogens with two attached hydrogens (primary N) is 1. The number of hydrogen-bond donors (Lipinski definition) is 3. The van der Waals surface area contributed by atoms with Gasteiger partial charge in [-0.25, -0.2) is 0 Å². The third kappa shape index (κ3) is 3.87. The quantitative estimate of drug-likeness (QED) is 0.593. The van der Waals surface area contributed by atoms with Crippen molar-refractivity contribution in [2.75, 3.05) is 12.3 Å². The predicted molar refractivity (Wildman–Crippen MR) is 80.8 cm³/mol. The molecule has 0 heterocycles. The fraction of sp³-hybridized carbons (Fsp3) is 0.533. The highest BCUT2D eigenvalue weighted by atomic mass is 35.5. The number of hydrogen-bond acceptors (Lipinski definition) is 3. The minimum Gasteiger partial charge on any atom is -0.398 e. The van der Waals surface area contributed by atoms with Gasteiger partial charge < -0.3 is 16.2 Å². The summed E-state index contributed by atoms with van der Waals surface area (Å²) in [6, 6.07) is 4.79. The van der Waals surface area contributed by atoms with Gasteiger partial charge in [0.15, 0.2) is 0 Å². The number of nitrogen functional groups attached to an aromatic ring is 1. The van der Waals surface area contributed by atoms with Gasteiger partial charge in [-0.15, -0.1) is 0 Å². The number of benzene rings is 1. The van der Waals surface area contributed by atoms with Crippen molar-refractivity contribution in [3.8, 4) is 0 Å². The molecule has 110 valence electrons. The van der Waals surface area contributed by atoms with Gasteiger partial charge in [-0.3, -0.25) is 4.79 Å². The molecule has 2 rings (SSSR count). The van der Waals surface area contributed by atoms with E-state index in [9.17, 15) is 9.90 Å². The van der Waals surface area contributed by atoms with Gasteiger partial charge in [0.1, 0.15) is 0 Å². The second-order valence-electron chi connectivity index (χ2n) is 5.55. The molecule has 0 radical (unpaired) electrons. The standard InChI is InChI=1S/C15H21ClN2O2/c16-11-5-6-12(13(17)9-11)14(19)18-10-15(20)7-3-1-2-4-8-15/h5-6,9,20H,1-4,7-8,10,17H2,(H,18,19). The first kappa shape index (κ1) is 15.1. The Bertz CT molecular complexity index is 483. The Morgan fingerprint density at radius 3 is 2.55 bits per heavy atom. The molecule has 1 saturated carbocycles. The maximum atomic E-state index is 12.1. The van der Waals surface area contributed by atoms with Gasteiger partial charge in [-0.2, -0.15) is 0 Å². The first-order valence-electron chi connectivity index (χ1n) is 7.06. The van der Waals surface area contributed by atoms with Crippen LogP contribution in [0.1, 0.15) is 48.9 Å². The van der Waals surface area contributed by atoms with E-state index in [4.69, 9.17) is 17.3 Å². The Labute approximate surface area is 124 Å². The molecular formula is C15H21ClN2O2. The molecule has 0 spiro atoms. The van der Waals surface area contributed by atoms with Crippen LogP contribution < -0.4 is 11.1 Å². The van der Waals surface area contributed by atoms with Crippen LogP contribution in [0.4, 0.5) is 5.69 Å². The molecule has 1 amide bonds. The van der Waals surface area contributed by atoms with Crippen LogP contribution in [0.2, 0.25) is 5.02 Å². The molecule has 20 heavy (non-hydrogen) atoms. The van der Waals surface area contributed by atoms with E-state index in [1.54, 1.807) is 18.2 Å². The molecule has 0 bridgehead atoms. The molecule has 5 heteroatoms. The van der Waals surface area contributed by atoms with E-state index >= 15 is 0 Å². The third-order valence-corrected chi connectivity index (χ3v) is 4.11. The second-order valence-corrected chi connectivity index (χ2v) is 5.99. The molecule has 0 saturated heterocycles. The van der Waals surface area contributed by atoms with Gasteiger partial charge in [0.05, 0.1) is 11.2 Å². The molecule has 1 aromatic rings. The van der Waals surface area contributed by atoms with Crippen molar-refractivity contribution in [3.63, 3.8) is 0 Å². The van der Waals surface area contributed by atoms with E-state index in [0.717, 1.165) is 38.5 Å². The number of amides is 1. The van der Waals surface area contributed by atoms with E-state index in [1.807, 2.05) is 0 Å². The average molecular weight is 297 g/mol. The number of carbonyl (C=O) groups excluding carboxylic acids is 1. The van der Waals surface area contributed by atoms with Gasteiger partial charge in [-0.05, 0) is 31.0 Å². The van der Waals surface area contributed by atoms with Crippen molar-refractivity contribution in [1.82, 2.24) is 5.32 Å². The molecule has 1 aliphatic rings. The van der Waals surface area contributed by atoms with Gasteiger partial charge >= 0.3 is 0 Å². The lowest BCUT2D eigenvalue weighted by molar-refractivity contribution is 0.0246. The lowest BCUT2D eigenvalue weighted by Crippen LogP contribution is -2.42. The minimum atomic E-state index is -0.784. The topological polar surface area (TPSA) is 75.4 Å². The fourth-order valence-corrected chi connectivity index (χ4v) is 2.82. The number of carbonyl (C=O) groups is 1. The van der Waals surface area contributed by atoms with Crippen molar-refractivity contribution in [2.45, 2.75) is 44.1 Å². The zero-order valence-electron chi connectivity index (χ0n) is 11.5. The summed E-state index contributed by atoms with van der Waals surface area (Å²) in [5, 5.41) is 13.8. The summed E-state index contributed by atoms with van der Waals surface area (Å²) < 4.78 is 0. The van der Waals surface area contributed by atoms with Crippen LogP contribution in [-0.4, -0.2) is 23.2 Å². The molecule has 0 aromatic heterocycles. The zero-order chi connectivity index (χ0) is 14.6. The molecular weight excluding hydrogens is 276 g/mol. The van der Waals surface area contributed by atoms with Crippen LogP contribution in [0.15, 0.2) is 18.2 Å².